The Morgan fingerprint density at radius 1 is 1.47 bits per heavy atom. The molecule has 2 heterocycles. The summed E-state index contributed by atoms with van der Waals surface area (Å²) in [6.07, 6.45) is 5.27. The maximum absolute atomic E-state index is 10.6. The summed E-state index contributed by atoms with van der Waals surface area (Å²) in [5.74, 6) is 0.832. The Bertz CT molecular complexity index is 326. The number of piperidine rings is 1. The molecule has 1 N–H and O–H groups in total. The Balaban J connectivity index is 2.22. The molecule has 0 aliphatic carbocycles. The van der Waals surface area contributed by atoms with E-state index in [-0.39, 0.29) is 0 Å². The number of aryl methyl sites for hydroxylation is 1. The lowest BCUT2D eigenvalue weighted by Crippen LogP contribution is -2.42. The standard InChI is InChI=1S/C11H19N3O/c1-3-14-9-6-12-10(14)11(15)4-7-13(2)8-5-11/h6,9,15H,3-5,7-8H2,1-2H3. The highest BCUT2D eigenvalue weighted by atomic mass is 16.3. The summed E-state index contributed by atoms with van der Waals surface area (Å²) in [6.45, 7) is 4.82. The van der Waals surface area contributed by atoms with Crippen LogP contribution in [-0.2, 0) is 12.1 Å². The molecule has 1 saturated heterocycles. The fourth-order valence-electron chi connectivity index (χ4n) is 2.18. The van der Waals surface area contributed by atoms with Gasteiger partial charge < -0.3 is 14.6 Å². The van der Waals surface area contributed by atoms with Crippen LogP contribution in [-0.4, -0.2) is 39.7 Å². The van der Waals surface area contributed by atoms with Gasteiger partial charge >= 0.3 is 0 Å². The van der Waals surface area contributed by atoms with E-state index < -0.39 is 5.60 Å². The molecule has 0 spiro atoms. The smallest absolute Gasteiger partial charge is 0.140 e. The van der Waals surface area contributed by atoms with Crippen LogP contribution in [0.4, 0.5) is 0 Å². The van der Waals surface area contributed by atoms with E-state index in [0.29, 0.717) is 0 Å². The van der Waals surface area contributed by atoms with E-state index in [0.717, 1.165) is 38.3 Å². The molecule has 84 valence electrons. The average molecular weight is 209 g/mol. The van der Waals surface area contributed by atoms with Crippen LogP contribution in [0.15, 0.2) is 12.4 Å². The monoisotopic (exact) mass is 209 g/mol. The number of imidazole rings is 1. The van der Waals surface area contributed by atoms with E-state index in [4.69, 9.17) is 0 Å². The van der Waals surface area contributed by atoms with Crippen molar-refractivity contribution in [2.24, 2.45) is 0 Å². The second-order valence-electron chi connectivity index (χ2n) is 4.37. The Morgan fingerprint density at radius 2 is 2.13 bits per heavy atom. The van der Waals surface area contributed by atoms with E-state index >= 15 is 0 Å². The van der Waals surface area contributed by atoms with Crippen LogP contribution < -0.4 is 0 Å². The number of rotatable bonds is 2. The summed E-state index contributed by atoms with van der Waals surface area (Å²) in [4.78, 5) is 6.55. The minimum atomic E-state index is -0.716. The molecule has 0 aromatic carbocycles. The maximum Gasteiger partial charge on any atom is 0.140 e. The summed E-state index contributed by atoms with van der Waals surface area (Å²) >= 11 is 0. The van der Waals surface area contributed by atoms with Gasteiger partial charge in [-0.25, -0.2) is 4.98 Å². The third kappa shape index (κ3) is 1.92. The molecule has 4 heteroatoms. The van der Waals surface area contributed by atoms with E-state index in [2.05, 4.69) is 23.9 Å². The molecule has 0 unspecified atom stereocenters. The Labute approximate surface area is 90.5 Å². The Kier molecular flexibility index (Phi) is 2.80. The molecule has 0 amide bonds. The molecule has 2 rings (SSSR count). The van der Waals surface area contributed by atoms with Crippen LogP contribution in [0.25, 0.3) is 0 Å². The van der Waals surface area contributed by atoms with Crippen molar-refractivity contribution in [3.8, 4) is 0 Å². The van der Waals surface area contributed by atoms with Crippen LogP contribution in [0.1, 0.15) is 25.6 Å². The van der Waals surface area contributed by atoms with E-state index in [1.807, 2.05) is 10.8 Å². The first-order valence-corrected chi connectivity index (χ1v) is 5.58. The third-order valence-corrected chi connectivity index (χ3v) is 3.29. The van der Waals surface area contributed by atoms with Crippen molar-refractivity contribution in [2.45, 2.75) is 31.9 Å². The van der Waals surface area contributed by atoms with Gasteiger partial charge in [-0.15, -0.1) is 0 Å². The lowest BCUT2D eigenvalue weighted by molar-refractivity contribution is -0.0301. The minimum Gasteiger partial charge on any atom is -0.382 e. The predicted molar refractivity (Wildman–Crippen MR) is 58.5 cm³/mol. The molecule has 15 heavy (non-hydrogen) atoms. The quantitative estimate of drug-likeness (QED) is 0.784. The Morgan fingerprint density at radius 3 is 2.73 bits per heavy atom. The molecule has 4 nitrogen and oxygen atoms in total. The maximum atomic E-state index is 10.6. The first-order valence-electron chi connectivity index (χ1n) is 5.58. The largest absolute Gasteiger partial charge is 0.382 e. The van der Waals surface area contributed by atoms with Crippen LogP contribution in [0.2, 0.25) is 0 Å². The number of aromatic nitrogens is 2. The van der Waals surface area contributed by atoms with Crippen molar-refractivity contribution < 1.29 is 5.11 Å². The van der Waals surface area contributed by atoms with Gasteiger partial charge in [0.2, 0.25) is 0 Å². The number of nitrogens with zero attached hydrogens (tertiary/aromatic N) is 3. The molecule has 1 aliphatic rings. The summed E-state index contributed by atoms with van der Waals surface area (Å²) in [5, 5.41) is 10.6. The first-order chi connectivity index (χ1) is 7.15. The van der Waals surface area contributed by atoms with Gasteiger partial charge in [0, 0.05) is 32.0 Å². The van der Waals surface area contributed by atoms with Gasteiger partial charge in [-0.05, 0) is 26.8 Å². The second kappa shape index (κ2) is 3.94. The first kappa shape index (κ1) is 10.6. The van der Waals surface area contributed by atoms with Crippen molar-refractivity contribution in [1.82, 2.24) is 14.5 Å². The predicted octanol–water partition coefficient (Wildman–Crippen LogP) is 0.816. The summed E-state index contributed by atoms with van der Waals surface area (Å²) in [7, 11) is 2.09. The molecule has 0 bridgehead atoms. The summed E-state index contributed by atoms with van der Waals surface area (Å²) in [6, 6.07) is 0. The van der Waals surface area contributed by atoms with E-state index in [1.54, 1.807) is 6.20 Å². The number of aliphatic hydroxyl groups is 1. The summed E-state index contributed by atoms with van der Waals surface area (Å²) in [5.41, 5.74) is -0.716. The van der Waals surface area contributed by atoms with Gasteiger partial charge in [0.15, 0.2) is 0 Å². The third-order valence-electron chi connectivity index (χ3n) is 3.29. The molecule has 0 saturated carbocycles. The highest BCUT2D eigenvalue weighted by molar-refractivity contribution is 5.06. The van der Waals surface area contributed by atoms with Gasteiger partial charge in [0.1, 0.15) is 11.4 Å². The number of likely N-dealkylation sites (tertiary alicyclic amines) is 1. The van der Waals surface area contributed by atoms with Gasteiger partial charge in [-0.2, -0.15) is 0 Å². The molecule has 1 aromatic heterocycles. The topological polar surface area (TPSA) is 41.3 Å². The zero-order chi connectivity index (χ0) is 10.9. The zero-order valence-corrected chi connectivity index (χ0v) is 9.48. The van der Waals surface area contributed by atoms with Crippen molar-refractivity contribution >= 4 is 0 Å². The number of hydrogen-bond acceptors (Lipinski definition) is 3. The molecule has 0 radical (unpaired) electrons. The molecule has 0 atom stereocenters. The van der Waals surface area contributed by atoms with Gasteiger partial charge in [0.25, 0.3) is 0 Å². The minimum absolute atomic E-state index is 0.716. The van der Waals surface area contributed by atoms with Crippen LogP contribution >= 0.6 is 0 Å². The normalized spacial score (nSPS) is 21.8. The van der Waals surface area contributed by atoms with Crippen molar-refractivity contribution in [1.29, 1.82) is 0 Å². The van der Waals surface area contributed by atoms with Gasteiger partial charge in [0.05, 0.1) is 0 Å². The molecule has 1 fully saturated rings. The van der Waals surface area contributed by atoms with Crippen LogP contribution in [0.3, 0.4) is 0 Å². The van der Waals surface area contributed by atoms with Crippen molar-refractivity contribution in [3.05, 3.63) is 18.2 Å². The van der Waals surface area contributed by atoms with E-state index in [1.165, 1.54) is 0 Å². The zero-order valence-electron chi connectivity index (χ0n) is 9.48. The Hall–Kier alpha value is -0.870. The van der Waals surface area contributed by atoms with Crippen LogP contribution in [0, 0.1) is 0 Å². The second-order valence-corrected chi connectivity index (χ2v) is 4.37. The molecule has 1 aromatic rings. The fourth-order valence-corrected chi connectivity index (χ4v) is 2.18. The SMILES string of the molecule is CCn1ccnc1C1(O)CCN(C)CC1. The summed E-state index contributed by atoms with van der Waals surface area (Å²) < 4.78 is 2.03. The molecular formula is C11H19N3O. The van der Waals surface area contributed by atoms with Crippen LogP contribution in [0.5, 0.6) is 0 Å². The van der Waals surface area contributed by atoms with Gasteiger partial charge in [-0.1, -0.05) is 0 Å². The number of hydrogen-bond donors (Lipinski definition) is 1. The lowest BCUT2D eigenvalue weighted by Gasteiger charge is -2.36. The fraction of sp³-hybridized carbons (Fsp3) is 0.727. The van der Waals surface area contributed by atoms with Crippen molar-refractivity contribution in [3.63, 3.8) is 0 Å². The highest BCUT2D eigenvalue weighted by Gasteiger charge is 2.36. The molecule has 1 aliphatic heterocycles. The van der Waals surface area contributed by atoms with Crippen molar-refractivity contribution in [2.75, 3.05) is 20.1 Å². The van der Waals surface area contributed by atoms with E-state index in [9.17, 15) is 5.11 Å². The molecular weight excluding hydrogens is 190 g/mol. The van der Waals surface area contributed by atoms with Gasteiger partial charge in [-0.3, -0.25) is 0 Å². The average Bonchev–Trinajstić information content (AvgIpc) is 2.71. The highest BCUT2D eigenvalue weighted by Crippen LogP contribution is 2.31. The lowest BCUT2D eigenvalue weighted by atomic mass is 9.90.